The van der Waals surface area contributed by atoms with Gasteiger partial charge in [0.1, 0.15) is 0 Å². The van der Waals surface area contributed by atoms with E-state index < -0.39 is 20.9 Å². The fourth-order valence-corrected chi connectivity index (χ4v) is 4.92. The minimum Gasteiger partial charge on any atom is -0.285 e. The van der Waals surface area contributed by atoms with Gasteiger partial charge in [-0.25, -0.2) is 16.8 Å². The molecule has 0 radical (unpaired) electrons. The molecule has 0 aromatic heterocycles. The van der Waals surface area contributed by atoms with E-state index in [-0.39, 0.29) is 4.90 Å². The van der Waals surface area contributed by atoms with Gasteiger partial charge in [-0.1, -0.05) is 60.7 Å². The Morgan fingerprint density at radius 1 is 0.643 bits per heavy atom. The zero-order chi connectivity index (χ0) is 19.7. The Morgan fingerprint density at radius 2 is 1.21 bits per heavy atom. The van der Waals surface area contributed by atoms with Crippen LogP contribution in [0.1, 0.15) is 0 Å². The molecule has 6 nitrogen and oxygen atoms in total. The third-order valence-electron chi connectivity index (χ3n) is 4.42. The molecule has 0 unspecified atom stereocenters. The number of hydrogen-bond acceptors (Lipinski definition) is 4. The van der Waals surface area contributed by atoms with Crippen molar-refractivity contribution in [2.75, 3.05) is 9.44 Å². The van der Waals surface area contributed by atoms with Gasteiger partial charge in [0.25, 0.3) is 10.0 Å². The van der Waals surface area contributed by atoms with Crippen LogP contribution in [-0.2, 0) is 20.9 Å². The summed E-state index contributed by atoms with van der Waals surface area (Å²) in [5, 5.41) is 2.64. The molecular formula is C20H16N2O4S2. The second-order valence-corrected chi connectivity index (χ2v) is 8.55. The maximum Gasteiger partial charge on any atom is 0.262 e. The Kier molecular flexibility index (Phi) is 4.66. The van der Waals surface area contributed by atoms with Crippen LogP contribution >= 0.6 is 0 Å². The van der Waals surface area contributed by atoms with Crippen LogP contribution in [-0.4, -0.2) is 16.8 Å². The van der Waals surface area contributed by atoms with Crippen LogP contribution in [0.25, 0.3) is 21.5 Å². The van der Waals surface area contributed by atoms with Gasteiger partial charge in [0.2, 0.25) is 10.9 Å². The Hall–Kier alpha value is -3.10. The number of hydrogen-bond donors (Lipinski definition) is 3. The first-order valence-corrected chi connectivity index (χ1v) is 11.1. The Morgan fingerprint density at radius 3 is 1.93 bits per heavy atom. The number of thiol groups is 1. The number of nitrogens with one attached hydrogen (secondary N) is 2. The second-order valence-electron chi connectivity index (χ2n) is 6.16. The van der Waals surface area contributed by atoms with Crippen LogP contribution < -0.4 is 9.44 Å². The maximum absolute atomic E-state index is 13.1. The van der Waals surface area contributed by atoms with E-state index in [0.29, 0.717) is 27.5 Å². The van der Waals surface area contributed by atoms with Gasteiger partial charge in [-0.15, -0.1) is 0 Å². The van der Waals surface area contributed by atoms with Crippen molar-refractivity contribution in [3.8, 4) is 0 Å². The molecule has 8 heteroatoms. The second kappa shape index (κ2) is 7.14. The highest BCUT2D eigenvalue weighted by Crippen LogP contribution is 2.32. The highest BCUT2D eigenvalue weighted by molar-refractivity contribution is 7.93. The molecule has 0 saturated carbocycles. The monoisotopic (exact) mass is 412 g/mol. The zero-order valence-corrected chi connectivity index (χ0v) is 16.2. The molecule has 0 saturated heterocycles. The van der Waals surface area contributed by atoms with Crippen LogP contribution in [0.5, 0.6) is 0 Å². The minimum atomic E-state index is -3.86. The molecule has 4 aromatic carbocycles. The van der Waals surface area contributed by atoms with E-state index in [1.165, 1.54) is 6.07 Å². The van der Waals surface area contributed by atoms with Gasteiger partial charge >= 0.3 is 0 Å². The van der Waals surface area contributed by atoms with Crippen LogP contribution in [0.2, 0.25) is 0 Å². The Balaban J connectivity index is 1.83. The summed E-state index contributed by atoms with van der Waals surface area (Å²) in [6, 6.07) is 22.5. The van der Waals surface area contributed by atoms with Gasteiger partial charge in [-0.3, -0.25) is 9.44 Å². The molecule has 0 fully saturated rings. The summed E-state index contributed by atoms with van der Waals surface area (Å²) in [6.07, 6.45) is 0. The van der Waals surface area contributed by atoms with Crippen molar-refractivity contribution in [3.63, 3.8) is 0 Å². The largest absolute Gasteiger partial charge is 0.285 e. The lowest BCUT2D eigenvalue weighted by Crippen LogP contribution is -2.13. The molecule has 0 bridgehead atoms. The third-order valence-corrected chi connectivity index (χ3v) is 6.27. The molecule has 0 spiro atoms. The van der Waals surface area contributed by atoms with Gasteiger partial charge in [-0.05, 0) is 23.6 Å². The van der Waals surface area contributed by atoms with E-state index in [1.807, 2.05) is 18.2 Å². The molecule has 0 aliphatic rings. The standard InChI is InChI=1S/C20H16N2O4S2/c23-27(24)21-18-12-13-19(17-10-4-3-9-16(17)18)22-28(25,26)20-11-5-7-14-6-1-2-8-15(14)20/h1-13,22,27H,(H,21,23,24). The fraction of sp³-hybridized carbons (Fsp3) is 0. The molecule has 0 atom stereocenters. The molecule has 0 amide bonds. The smallest absolute Gasteiger partial charge is 0.262 e. The molecule has 4 rings (SSSR count). The fourth-order valence-electron chi connectivity index (χ4n) is 3.21. The molecule has 0 heterocycles. The number of benzene rings is 4. The maximum atomic E-state index is 13.1. The molecule has 142 valence electrons. The molecule has 0 aliphatic heterocycles. The zero-order valence-electron chi connectivity index (χ0n) is 14.5. The highest BCUT2D eigenvalue weighted by atomic mass is 32.2. The van der Waals surface area contributed by atoms with E-state index in [0.717, 1.165) is 5.39 Å². The minimum absolute atomic E-state index is 0.180. The van der Waals surface area contributed by atoms with E-state index in [1.54, 1.807) is 54.6 Å². The number of rotatable bonds is 5. The molecule has 0 aliphatic carbocycles. The van der Waals surface area contributed by atoms with Crippen molar-refractivity contribution in [3.05, 3.63) is 78.9 Å². The van der Waals surface area contributed by atoms with Crippen molar-refractivity contribution in [2.45, 2.75) is 4.90 Å². The summed E-state index contributed by atoms with van der Waals surface area (Å²) < 4.78 is 53.3. The van der Waals surface area contributed by atoms with Crippen molar-refractivity contribution in [1.82, 2.24) is 0 Å². The van der Waals surface area contributed by atoms with Crippen LogP contribution in [0.15, 0.2) is 83.8 Å². The Labute approximate surface area is 164 Å². The summed E-state index contributed by atoms with van der Waals surface area (Å²) in [4.78, 5) is 0.180. The number of anilines is 2. The van der Waals surface area contributed by atoms with Crippen molar-refractivity contribution in [1.29, 1.82) is 0 Å². The summed E-state index contributed by atoms with van der Waals surface area (Å²) in [5.41, 5.74) is 0.759. The normalized spacial score (nSPS) is 11.8. The predicted molar refractivity (Wildman–Crippen MR) is 113 cm³/mol. The Bertz CT molecular complexity index is 1370. The van der Waals surface area contributed by atoms with Gasteiger partial charge in [-0.2, -0.15) is 0 Å². The lowest BCUT2D eigenvalue weighted by atomic mass is 10.1. The quantitative estimate of drug-likeness (QED) is 0.436. The first-order valence-electron chi connectivity index (χ1n) is 8.39. The summed E-state index contributed by atoms with van der Waals surface area (Å²) in [7, 11) is -6.69. The average Bonchev–Trinajstić information content (AvgIpc) is 2.69. The number of sulfonamides is 1. The SMILES string of the molecule is O=[SH](=O)Nc1ccc(NS(=O)(=O)c2cccc3ccccc23)c2ccccc12. The summed E-state index contributed by atoms with van der Waals surface area (Å²) in [5.74, 6) is 0. The van der Waals surface area contributed by atoms with Gasteiger partial charge in [0, 0.05) is 16.2 Å². The first-order chi connectivity index (χ1) is 13.5. The highest BCUT2D eigenvalue weighted by Gasteiger charge is 2.19. The third kappa shape index (κ3) is 3.39. The predicted octanol–water partition coefficient (Wildman–Crippen LogP) is 3.73. The molecule has 2 N–H and O–H groups in total. The topological polar surface area (TPSA) is 92.3 Å². The lowest BCUT2D eigenvalue weighted by Gasteiger charge is -2.14. The van der Waals surface area contributed by atoms with Gasteiger partial charge in [0.05, 0.1) is 16.3 Å². The molecule has 28 heavy (non-hydrogen) atoms. The van der Waals surface area contributed by atoms with Gasteiger partial charge < -0.3 is 0 Å². The average molecular weight is 412 g/mol. The first kappa shape index (κ1) is 18.3. The summed E-state index contributed by atoms with van der Waals surface area (Å²) >= 11 is 0. The van der Waals surface area contributed by atoms with Crippen molar-refractivity contribution >= 4 is 53.8 Å². The molecule has 4 aromatic rings. The number of fused-ring (bicyclic) bond motifs is 2. The van der Waals surface area contributed by atoms with Crippen molar-refractivity contribution < 1.29 is 16.8 Å². The van der Waals surface area contributed by atoms with E-state index in [9.17, 15) is 16.8 Å². The van der Waals surface area contributed by atoms with Crippen LogP contribution in [0.3, 0.4) is 0 Å². The van der Waals surface area contributed by atoms with Crippen LogP contribution in [0, 0.1) is 0 Å². The summed E-state index contributed by atoms with van der Waals surface area (Å²) in [6.45, 7) is 0. The molecular weight excluding hydrogens is 396 g/mol. The van der Waals surface area contributed by atoms with E-state index in [4.69, 9.17) is 0 Å². The lowest BCUT2D eigenvalue weighted by molar-refractivity contribution is 0.602. The van der Waals surface area contributed by atoms with Crippen LogP contribution in [0.4, 0.5) is 11.4 Å². The van der Waals surface area contributed by atoms with Crippen molar-refractivity contribution in [2.24, 2.45) is 0 Å². The van der Waals surface area contributed by atoms with Gasteiger partial charge in [0.15, 0.2) is 0 Å². The van der Waals surface area contributed by atoms with E-state index >= 15 is 0 Å². The van der Waals surface area contributed by atoms with E-state index in [2.05, 4.69) is 9.44 Å².